The molecule has 0 atom stereocenters. The van der Waals surface area contributed by atoms with Gasteiger partial charge in [-0.15, -0.1) is 0 Å². The molecule has 0 aliphatic rings. The topological polar surface area (TPSA) is 20.2 Å². The van der Waals surface area contributed by atoms with Crippen molar-refractivity contribution in [1.82, 2.24) is 0 Å². The molecule has 0 unspecified atom stereocenters. The summed E-state index contributed by atoms with van der Waals surface area (Å²) in [5, 5.41) is 8.63. The maximum atomic E-state index is 8.63. The van der Waals surface area contributed by atoms with Crippen LogP contribution in [-0.2, 0) is 0 Å². The molecule has 0 saturated carbocycles. The Hall–Kier alpha value is -2.19. The lowest BCUT2D eigenvalue weighted by molar-refractivity contribution is 0.475. The standard InChI is InChI=1S/C12H10.C6H6O.H2S/c1-3-7-11(8-4-1)12-9-5-2-6-10-12;7-6-4-2-1-3-5-6;/h1-10H;1-5,7H;1H2. The van der Waals surface area contributed by atoms with Gasteiger partial charge in [0.1, 0.15) is 5.75 Å². The molecule has 102 valence electrons. The Kier molecular flexibility index (Phi) is 7.01. The summed E-state index contributed by atoms with van der Waals surface area (Å²) in [6.07, 6.45) is 0. The highest BCUT2D eigenvalue weighted by atomic mass is 32.1. The molecular weight excluding hydrogens is 264 g/mol. The fraction of sp³-hybridized carbons (Fsp3) is 0. The maximum Gasteiger partial charge on any atom is 0.115 e. The lowest BCUT2D eigenvalue weighted by atomic mass is 10.1. The summed E-state index contributed by atoms with van der Waals surface area (Å²) in [6.45, 7) is 0. The monoisotopic (exact) mass is 282 g/mol. The Morgan fingerprint density at radius 2 is 0.750 bits per heavy atom. The highest BCUT2D eigenvalue weighted by Crippen LogP contribution is 2.17. The molecule has 2 heteroatoms. The summed E-state index contributed by atoms with van der Waals surface area (Å²) in [7, 11) is 0. The van der Waals surface area contributed by atoms with Gasteiger partial charge in [-0.2, -0.15) is 13.5 Å². The molecule has 0 radical (unpaired) electrons. The van der Waals surface area contributed by atoms with E-state index < -0.39 is 0 Å². The first-order valence-electron chi connectivity index (χ1n) is 6.21. The Labute approximate surface area is 127 Å². The number of benzene rings is 3. The predicted molar refractivity (Wildman–Crippen MR) is 90.4 cm³/mol. The molecule has 3 aromatic rings. The molecule has 0 fully saturated rings. The van der Waals surface area contributed by atoms with Crippen LogP contribution < -0.4 is 0 Å². The highest BCUT2D eigenvalue weighted by Gasteiger charge is 1.91. The van der Waals surface area contributed by atoms with Crippen molar-refractivity contribution in [3.8, 4) is 16.9 Å². The van der Waals surface area contributed by atoms with E-state index in [9.17, 15) is 0 Å². The van der Waals surface area contributed by atoms with Crippen LogP contribution in [-0.4, -0.2) is 5.11 Å². The minimum Gasteiger partial charge on any atom is -0.508 e. The second kappa shape index (κ2) is 8.83. The summed E-state index contributed by atoms with van der Waals surface area (Å²) in [5.74, 6) is 0.322. The number of hydrogen-bond donors (Lipinski definition) is 1. The predicted octanol–water partition coefficient (Wildman–Crippen LogP) is 4.86. The van der Waals surface area contributed by atoms with Crippen LogP contribution in [0.5, 0.6) is 5.75 Å². The second-order valence-electron chi connectivity index (χ2n) is 4.07. The average molecular weight is 282 g/mol. The third-order valence-electron chi connectivity index (χ3n) is 2.64. The summed E-state index contributed by atoms with van der Waals surface area (Å²) < 4.78 is 0. The molecule has 0 heterocycles. The molecule has 3 aromatic carbocycles. The largest absolute Gasteiger partial charge is 0.508 e. The molecule has 20 heavy (non-hydrogen) atoms. The van der Waals surface area contributed by atoms with Gasteiger partial charge in [0, 0.05) is 0 Å². The molecular formula is C18H18OS. The molecule has 0 aromatic heterocycles. The first-order valence-corrected chi connectivity index (χ1v) is 6.21. The van der Waals surface area contributed by atoms with E-state index in [0.29, 0.717) is 5.75 Å². The van der Waals surface area contributed by atoms with Crippen molar-refractivity contribution in [1.29, 1.82) is 0 Å². The van der Waals surface area contributed by atoms with Crippen LogP contribution in [0.2, 0.25) is 0 Å². The first kappa shape index (κ1) is 15.9. The van der Waals surface area contributed by atoms with E-state index in [1.54, 1.807) is 24.3 Å². The van der Waals surface area contributed by atoms with Crippen molar-refractivity contribution in [3.05, 3.63) is 91.0 Å². The normalized spacial score (nSPS) is 8.80. The van der Waals surface area contributed by atoms with E-state index in [1.807, 2.05) is 18.2 Å². The SMILES string of the molecule is Oc1ccccc1.S.c1ccc(-c2ccccc2)cc1. The fourth-order valence-electron chi connectivity index (χ4n) is 1.69. The molecule has 0 bridgehead atoms. The van der Waals surface area contributed by atoms with E-state index in [-0.39, 0.29) is 13.5 Å². The van der Waals surface area contributed by atoms with Crippen LogP contribution in [0.1, 0.15) is 0 Å². The number of rotatable bonds is 1. The van der Waals surface area contributed by atoms with Crippen molar-refractivity contribution in [2.45, 2.75) is 0 Å². The van der Waals surface area contributed by atoms with Gasteiger partial charge in [-0.3, -0.25) is 0 Å². The second-order valence-corrected chi connectivity index (χ2v) is 4.07. The molecule has 1 nitrogen and oxygen atoms in total. The van der Waals surface area contributed by atoms with Gasteiger partial charge < -0.3 is 5.11 Å². The minimum atomic E-state index is 0. The molecule has 0 aliphatic heterocycles. The van der Waals surface area contributed by atoms with Crippen molar-refractivity contribution in [2.24, 2.45) is 0 Å². The highest BCUT2D eigenvalue weighted by molar-refractivity contribution is 7.59. The van der Waals surface area contributed by atoms with Crippen LogP contribution in [0, 0.1) is 0 Å². The van der Waals surface area contributed by atoms with Crippen molar-refractivity contribution >= 4 is 13.5 Å². The molecule has 0 amide bonds. The summed E-state index contributed by atoms with van der Waals surface area (Å²) in [5.41, 5.74) is 2.55. The van der Waals surface area contributed by atoms with Gasteiger partial charge in [-0.25, -0.2) is 0 Å². The Balaban J connectivity index is 0.000000216. The average Bonchev–Trinajstić information content (AvgIpc) is 2.51. The van der Waals surface area contributed by atoms with E-state index in [1.165, 1.54) is 11.1 Å². The van der Waals surface area contributed by atoms with Gasteiger partial charge in [0.05, 0.1) is 0 Å². The van der Waals surface area contributed by atoms with Gasteiger partial charge in [0.25, 0.3) is 0 Å². The quantitative estimate of drug-likeness (QED) is 0.676. The van der Waals surface area contributed by atoms with Crippen LogP contribution in [0.3, 0.4) is 0 Å². The van der Waals surface area contributed by atoms with Crippen molar-refractivity contribution < 1.29 is 5.11 Å². The van der Waals surface area contributed by atoms with E-state index in [2.05, 4.69) is 48.5 Å². The van der Waals surface area contributed by atoms with Crippen LogP contribution in [0.4, 0.5) is 0 Å². The van der Waals surface area contributed by atoms with Gasteiger partial charge in [-0.05, 0) is 23.3 Å². The number of phenolic OH excluding ortho intramolecular Hbond substituents is 1. The fourth-order valence-corrected chi connectivity index (χ4v) is 1.69. The summed E-state index contributed by atoms with van der Waals surface area (Å²) in [6, 6.07) is 29.5. The summed E-state index contributed by atoms with van der Waals surface area (Å²) in [4.78, 5) is 0. The van der Waals surface area contributed by atoms with Crippen LogP contribution in [0.25, 0.3) is 11.1 Å². The van der Waals surface area contributed by atoms with Crippen LogP contribution in [0.15, 0.2) is 91.0 Å². The lowest BCUT2D eigenvalue weighted by Gasteiger charge is -1.98. The third-order valence-corrected chi connectivity index (χ3v) is 2.64. The molecule has 0 aliphatic carbocycles. The molecule has 3 rings (SSSR count). The van der Waals surface area contributed by atoms with E-state index in [4.69, 9.17) is 5.11 Å². The van der Waals surface area contributed by atoms with Crippen LogP contribution >= 0.6 is 13.5 Å². The Morgan fingerprint density at radius 3 is 1.00 bits per heavy atom. The Morgan fingerprint density at radius 1 is 0.450 bits per heavy atom. The number of aromatic hydroxyl groups is 1. The van der Waals surface area contributed by atoms with E-state index in [0.717, 1.165) is 0 Å². The van der Waals surface area contributed by atoms with Crippen molar-refractivity contribution in [3.63, 3.8) is 0 Å². The van der Waals surface area contributed by atoms with Gasteiger partial charge in [0.2, 0.25) is 0 Å². The van der Waals surface area contributed by atoms with Gasteiger partial charge >= 0.3 is 0 Å². The van der Waals surface area contributed by atoms with Gasteiger partial charge in [-0.1, -0.05) is 78.9 Å². The molecule has 0 spiro atoms. The number of para-hydroxylation sites is 1. The van der Waals surface area contributed by atoms with Gasteiger partial charge in [0.15, 0.2) is 0 Å². The lowest BCUT2D eigenvalue weighted by Crippen LogP contribution is -1.73. The maximum absolute atomic E-state index is 8.63. The van der Waals surface area contributed by atoms with Crippen molar-refractivity contribution in [2.75, 3.05) is 0 Å². The Bertz CT molecular complexity index is 542. The summed E-state index contributed by atoms with van der Waals surface area (Å²) >= 11 is 0. The number of hydrogen-bond acceptors (Lipinski definition) is 1. The first-order chi connectivity index (χ1) is 9.36. The zero-order valence-corrected chi connectivity index (χ0v) is 12.1. The number of phenols is 1. The minimum absolute atomic E-state index is 0. The molecule has 0 saturated heterocycles. The zero-order valence-electron chi connectivity index (χ0n) is 11.1. The van der Waals surface area contributed by atoms with E-state index >= 15 is 0 Å². The zero-order chi connectivity index (χ0) is 13.3. The smallest absolute Gasteiger partial charge is 0.115 e. The third kappa shape index (κ3) is 5.21. The molecule has 1 N–H and O–H groups in total.